The first-order chi connectivity index (χ1) is 12.2. The molecule has 3 rings (SSSR count). The van der Waals surface area contributed by atoms with Crippen molar-refractivity contribution in [1.82, 2.24) is 15.1 Å². The van der Waals surface area contributed by atoms with E-state index in [1.54, 1.807) is 0 Å². The molecule has 1 aromatic carbocycles. The fourth-order valence-corrected chi connectivity index (χ4v) is 3.79. The molecule has 0 spiro atoms. The van der Waals surface area contributed by atoms with E-state index >= 15 is 0 Å². The average Bonchev–Trinajstić information content (AvgIpc) is 3.10. The Morgan fingerprint density at radius 1 is 1.24 bits per heavy atom. The van der Waals surface area contributed by atoms with Crippen molar-refractivity contribution in [1.29, 1.82) is 0 Å². The molecule has 1 aromatic rings. The van der Waals surface area contributed by atoms with E-state index in [0.717, 1.165) is 65.3 Å². The lowest BCUT2D eigenvalue weighted by Crippen LogP contribution is -2.44. The Morgan fingerprint density at radius 3 is 2.76 bits per heavy atom. The Morgan fingerprint density at radius 2 is 2.00 bits per heavy atom. The summed E-state index contributed by atoms with van der Waals surface area (Å²) in [5, 5.41) is 3.13. The van der Waals surface area contributed by atoms with E-state index in [1.807, 2.05) is 4.90 Å². The maximum Gasteiger partial charge on any atom is 0.317 e. The van der Waals surface area contributed by atoms with Crippen LogP contribution in [0.4, 0.5) is 4.79 Å². The molecule has 0 aliphatic carbocycles. The number of carbonyl (C=O) groups is 1. The number of likely N-dealkylation sites (tertiary alicyclic amines) is 1. The quantitative estimate of drug-likeness (QED) is 0.860. The summed E-state index contributed by atoms with van der Waals surface area (Å²) in [5.41, 5.74) is 1.37. The predicted molar refractivity (Wildman–Crippen MR) is 99.6 cm³/mol. The molecule has 25 heavy (non-hydrogen) atoms. The highest BCUT2D eigenvalue weighted by Crippen LogP contribution is 2.20. The van der Waals surface area contributed by atoms with Crippen molar-refractivity contribution in [2.75, 3.05) is 52.5 Å². The summed E-state index contributed by atoms with van der Waals surface area (Å²) in [6.45, 7) is 9.40. The minimum absolute atomic E-state index is 0.101. The smallest absolute Gasteiger partial charge is 0.317 e. The molecule has 1 N–H and O–H groups in total. The molecule has 2 amide bonds. The van der Waals surface area contributed by atoms with Gasteiger partial charge in [-0.1, -0.05) is 37.3 Å². The van der Waals surface area contributed by atoms with Gasteiger partial charge < -0.3 is 15.0 Å². The van der Waals surface area contributed by atoms with Crippen LogP contribution in [0.2, 0.25) is 0 Å². The molecule has 2 heterocycles. The first-order valence-corrected chi connectivity index (χ1v) is 9.57. The van der Waals surface area contributed by atoms with Gasteiger partial charge in [-0.25, -0.2) is 4.79 Å². The summed E-state index contributed by atoms with van der Waals surface area (Å²) in [6, 6.07) is 10.7. The van der Waals surface area contributed by atoms with E-state index in [4.69, 9.17) is 4.74 Å². The number of amides is 2. The summed E-state index contributed by atoms with van der Waals surface area (Å²) in [7, 11) is 0. The lowest BCUT2D eigenvalue weighted by atomic mass is 9.99. The van der Waals surface area contributed by atoms with E-state index < -0.39 is 0 Å². The highest BCUT2D eigenvalue weighted by atomic mass is 16.5. The minimum atomic E-state index is 0.101. The van der Waals surface area contributed by atoms with E-state index in [2.05, 4.69) is 47.5 Å². The van der Waals surface area contributed by atoms with E-state index in [9.17, 15) is 4.79 Å². The van der Waals surface area contributed by atoms with Crippen LogP contribution in [0, 0.1) is 11.8 Å². The van der Waals surface area contributed by atoms with Crippen molar-refractivity contribution in [2.45, 2.75) is 19.8 Å². The fourth-order valence-electron chi connectivity index (χ4n) is 3.79. The van der Waals surface area contributed by atoms with Crippen LogP contribution < -0.4 is 5.32 Å². The fraction of sp³-hybridized carbons (Fsp3) is 0.650. The zero-order valence-electron chi connectivity index (χ0n) is 15.3. The van der Waals surface area contributed by atoms with E-state index in [1.165, 1.54) is 5.56 Å². The van der Waals surface area contributed by atoms with Gasteiger partial charge in [-0.2, -0.15) is 0 Å². The number of morpholine rings is 1. The van der Waals surface area contributed by atoms with Gasteiger partial charge in [-0.15, -0.1) is 0 Å². The Balaban J connectivity index is 1.35. The molecule has 5 heteroatoms. The third-order valence-electron chi connectivity index (χ3n) is 5.22. The van der Waals surface area contributed by atoms with Crippen molar-refractivity contribution < 1.29 is 9.53 Å². The van der Waals surface area contributed by atoms with Crippen molar-refractivity contribution in [3.8, 4) is 0 Å². The van der Waals surface area contributed by atoms with Crippen molar-refractivity contribution in [3.05, 3.63) is 35.9 Å². The highest BCUT2D eigenvalue weighted by molar-refractivity contribution is 5.74. The number of carbonyl (C=O) groups excluding carboxylic acids is 1. The summed E-state index contributed by atoms with van der Waals surface area (Å²) in [5.74, 6) is 1.05. The van der Waals surface area contributed by atoms with Gasteiger partial charge in [0.25, 0.3) is 0 Å². The monoisotopic (exact) mass is 345 g/mol. The molecule has 0 aromatic heterocycles. The number of benzene rings is 1. The summed E-state index contributed by atoms with van der Waals surface area (Å²) < 4.78 is 5.38. The molecular formula is C20H31N3O2. The maximum absolute atomic E-state index is 12.4. The van der Waals surface area contributed by atoms with Crippen LogP contribution in [0.5, 0.6) is 0 Å². The highest BCUT2D eigenvalue weighted by Gasteiger charge is 2.26. The number of nitrogens with one attached hydrogen (secondary N) is 1. The molecule has 2 aliphatic heterocycles. The van der Waals surface area contributed by atoms with Gasteiger partial charge >= 0.3 is 6.03 Å². The normalized spacial score (nSPS) is 22.8. The van der Waals surface area contributed by atoms with Crippen molar-refractivity contribution >= 4 is 6.03 Å². The summed E-state index contributed by atoms with van der Waals surface area (Å²) in [6.07, 6.45) is 2.17. The zero-order chi connectivity index (χ0) is 17.5. The molecule has 2 fully saturated rings. The summed E-state index contributed by atoms with van der Waals surface area (Å²) >= 11 is 0. The second-order valence-corrected chi connectivity index (χ2v) is 7.49. The minimum Gasteiger partial charge on any atom is -0.379 e. The van der Waals surface area contributed by atoms with Gasteiger partial charge in [0.15, 0.2) is 0 Å². The van der Waals surface area contributed by atoms with Gasteiger partial charge in [0.2, 0.25) is 0 Å². The SMILES string of the molecule is C[C@H](CNC(=O)N1CC[C@H](Cc2ccccc2)C1)CN1CCOCC1. The Hall–Kier alpha value is -1.59. The van der Waals surface area contributed by atoms with Gasteiger partial charge in [0.1, 0.15) is 0 Å². The van der Waals surface area contributed by atoms with Crippen LogP contribution in [0.25, 0.3) is 0 Å². The Kier molecular flexibility index (Phi) is 6.70. The van der Waals surface area contributed by atoms with Gasteiger partial charge in [0, 0.05) is 39.3 Å². The second-order valence-electron chi connectivity index (χ2n) is 7.49. The molecule has 138 valence electrons. The molecule has 0 radical (unpaired) electrons. The zero-order valence-corrected chi connectivity index (χ0v) is 15.3. The van der Waals surface area contributed by atoms with Gasteiger partial charge in [-0.05, 0) is 30.2 Å². The number of ether oxygens (including phenoxy) is 1. The van der Waals surface area contributed by atoms with Crippen LogP contribution in [0.1, 0.15) is 18.9 Å². The van der Waals surface area contributed by atoms with Gasteiger partial charge in [-0.3, -0.25) is 4.90 Å². The molecule has 0 saturated carbocycles. The number of rotatable bonds is 6. The number of urea groups is 1. The predicted octanol–water partition coefficient (Wildman–Crippen LogP) is 2.23. The van der Waals surface area contributed by atoms with E-state index in [-0.39, 0.29) is 6.03 Å². The largest absolute Gasteiger partial charge is 0.379 e. The molecule has 0 bridgehead atoms. The molecular weight excluding hydrogens is 314 g/mol. The van der Waals surface area contributed by atoms with E-state index in [0.29, 0.717) is 11.8 Å². The number of hydrogen-bond donors (Lipinski definition) is 1. The molecule has 0 unspecified atom stereocenters. The summed E-state index contributed by atoms with van der Waals surface area (Å²) in [4.78, 5) is 16.8. The number of nitrogens with zero attached hydrogens (tertiary/aromatic N) is 2. The lowest BCUT2D eigenvalue weighted by molar-refractivity contribution is 0.0319. The first kappa shape index (κ1) is 18.2. The third kappa shape index (κ3) is 5.72. The van der Waals surface area contributed by atoms with Crippen LogP contribution in [0.3, 0.4) is 0 Å². The molecule has 2 aliphatic rings. The first-order valence-electron chi connectivity index (χ1n) is 9.57. The second kappa shape index (κ2) is 9.20. The standard InChI is InChI=1S/C20H31N3O2/c1-17(15-22-9-11-25-12-10-22)14-21-20(24)23-8-7-19(16-23)13-18-5-3-2-4-6-18/h2-6,17,19H,7-16H2,1H3,(H,21,24)/t17-,19-/m1/s1. The lowest BCUT2D eigenvalue weighted by Gasteiger charge is -2.29. The van der Waals surface area contributed by atoms with Crippen LogP contribution in [-0.4, -0.2) is 68.3 Å². The van der Waals surface area contributed by atoms with Crippen molar-refractivity contribution in [3.63, 3.8) is 0 Å². The average molecular weight is 345 g/mol. The molecule has 2 atom stereocenters. The topological polar surface area (TPSA) is 44.8 Å². The maximum atomic E-state index is 12.4. The number of hydrogen-bond acceptors (Lipinski definition) is 3. The Labute approximate surface area is 151 Å². The van der Waals surface area contributed by atoms with Crippen molar-refractivity contribution in [2.24, 2.45) is 11.8 Å². The van der Waals surface area contributed by atoms with Crippen LogP contribution in [-0.2, 0) is 11.2 Å². The van der Waals surface area contributed by atoms with Crippen LogP contribution >= 0.6 is 0 Å². The van der Waals surface area contributed by atoms with Crippen LogP contribution in [0.15, 0.2) is 30.3 Å². The molecule has 5 nitrogen and oxygen atoms in total. The van der Waals surface area contributed by atoms with Gasteiger partial charge in [0.05, 0.1) is 13.2 Å². The molecule has 2 saturated heterocycles. The third-order valence-corrected chi connectivity index (χ3v) is 5.22. The Bertz CT molecular complexity index is 531.